The Morgan fingerprint density at radius 1 is 1.41 bits per heavy atom. The topological polar surface area (TPSA) is 76.5 Å². The van der Waals surface area contributed by atoms with E-state index in [0.717, 1.165) is 10.3 Å². The van der Waals surface area contributed by atoms with Crippen LogP contribution in [0, 0.1) is 11.3 Å². The molecule has 0 saturated carbocycles. The fraction of sp³-hybridized carbons (Fsp3) is 0.333. The van der Waals surface area contributed by atoms with Gasteiger partial charge in [0.05, 0.1) is 28.1 Å². The Kier molecular flexibility index (Phi) is 3.34. The van der Waals surface area contributed by atoms with Crippen molar-refractivity contribution in [3.05, 3.63) is 34.1 Å². The maximum absolute atomic E-state index is 12.7. The van der Waals surface area contributed by atoms with Gasteiger partial charge in [-0.3, -0.25) is 9.48 Å². The molecular formula is C15H15N5OS. The smallest absolute Gasteiger partial charge is 0.265 e. The third-order valence-electron chi connectivity index (χ3n) is 3.29. The molecule has 0 spiro atoms. The van der Waals surface area contributed by atoms with Gasteiger partial charge in [-0.25, -0.2) is 4.68 Å². The van der Waals surface area contributed by atoms with Crippen LogP contribution in [-0.4, -0.2) is 19.6 Å². The number of nitriles is 1. The molecule has 0 aliphatic rings. The summed E-state index contributed by atoms with van der Waals surface area (Å²) in [4.78, 5) is 13.6. The lowest BCUT2D eigenvalue weighted by Crippen LogP contribution is -2.30. The summed E-state index contributed by atoms with van der Waals surface area (Å²) >= 11 is 1.54. The molecule has 112 valence electrons. The van der Waals surface area contributed by atoms with Crippen molar-refractivity contribution in [1.29, 1.82) is 5.26 Å². The average Bonchev–Trinajstić information content (AvgIpc) is 3.10. The van der Waals surface area contributed by atoms with Gasteiger partial charge in [0.2, 0.25) is 0 Å². The normalized spacial score (nSPS) is 11.7. The van der Waals surface area contributed by atoms with E-state index in [4.69, 9.17) is 5.26 Å². The predicted molar refractivity (Wildman–Crippen MR) is 85.7 cm³/mol. The van der Waals surface area contributed by atoms with Gasteiger partial charge in [0, 0.05) is 0 Å². The number of hydrogen-bond acceptors (Lipinski definition) is 5. The quantitative estimate of drug-likeness (QED) is 0.728. The molecule has 0 fully saturated rings. The van der Waals surface area contributed by atoms with E-state index in [2.05, 4.69) is 10.2 Å². The maximum Gasteiger partial charge on any atom is 0.293 e. The van der Waals surface area contributed by atoms with E-state index in [1.165, 1.54) is 4.68 Å². The highest BCUT2D eigenvalue weighted by atomic mass is 32.1. The maximum atomic E-state index is 12.7. The van der Waals surface area contributed by atoms with Crippen LogP contribution >= 0.6 is 11.3 Å². The molecule has 22 heavy (non-hydrogen) atoms. The molecule has 0 aliphatic carbocycles. The zero-order valence-corrected chi connectivity index (χ0v) is 13.4. The first-order valence-corrected chi connectivity index (χ1v) is 7.71. The summed E-state index contributed by atoms with van der Waals surface area (Å²) < 4.78 is 2.92. The lowest BCUT2D eigenvalue weighted by molar-refractivity contribution is 0.366. The van der Waals surface area contributed by atoms with Gasteiger partial charge in [-0.1, -0.05) is 6.07 Å². The fourth-order valence-corrected chi connectivity index (χ4v) is 3.07. The zero-order chi connectivity index (χ0) is 15.9. The van der Waals surface area contributed by atoms with E-state index in [0.29, 0.717) is 11.2 Å². The summed E-state index contributed by atoms with van der Waals surface area (Å²) in [6.07, 6.45) is 1.68. The van der Waals surface area contributed by atoms with Crippen LogP contribution in [0.1, 0.15) is 20.8 Å². The van der Waals surface area contributed by atoms with Gasteiger partial charge in [0.1, 0.15) is 17.8 Å². The molecule has 3 aromatic heterocycles. The van der Waals surface area contributed by atoms with Crippen molar-refractivity contribution < 1.29 is 0 Å². The number of nitrogens with zero attached hydrogens (tertiary/aromatic N) is 5. The van der Waals surface area contributed by atoms with Gasteiger partial charge in [0.25, 0.3) is 5.56 Å². The molecule has 0 N–H and O–H groups in total. The SMILES string of the molecule is CC(C)(C)n1ncc2c(-c3cccs3)nn(CC#N)c(=O)c21. The fourth-order valence-electron chi connectivity index (χ4n) is 2.35. The number of thiophene rings is 1. The zero-order valence-electron chi connectivity index (χ0n) is 12.6. The number of aromatic nitrogens is 4. The van der Waals surface area contributed by atoms with Crippen molar-refractivity contribution in [2.24, 2.45) is 0 Å². The van der Waals surface area contributed by atoms with Crippen molar-refractivity contribution in [1.82, 2.24) is 19.6 Å². The highest BCUT2D eigenvalue weighted by molar-refractivity contribution is 7.13. The summed E-state index contributed by atoms with van der Waals surface area (Å²) in [6, 6.07) is 5.87. The Balaban J connectivity index is 2.43. The van der Waals surface area contributed by atoms with Gasteiger partial charge >= 0.3 is 0 Å². The molecule has 0 bridgehead atoms. The van der Waals surface area contributed by atoms with E-state index >= 15 is 0 Å². The molecule has 7 heteroatoms. The Morgan fingerprint density at radius 3 is 2.77 bits per heavy atom. The Bertz CT molecular complexity index is 922. The summed E-state index contributed by atoms with van der Waals surface area (Å²) in [7, 11) is 0. The van der Waals surface area contributed by atoms with Gasteiger partial charge in [-0.05, 0) is 32.2 Å². The van der Waals surface area contributed by atoms with Crippen molar-refractivity contribution in [2.75, 3.05) is 0 Å². The molecule has 6 nitrogen and oxygen atoms in total. The van der Waals surface area contributed by atoms with Crippen LogP contribution in [0.25, 0.3) is 21.5 Å². The van der Waals surface area contributed by atoms with Crippen LogP contribution < -0.4 is 5.56 Å². The first-order chi connectivity index (χ1) is 10.4. The molecule has 0 radical (unpaired) electrons. The molecular weight excluding hydrogens is 298 g/mol. The van der Waals surface area contributed by atoms with Crippen molar-refractivity contribution >= 4 is 22.2 Å². The Hall–Kier alpha value is -2.46. The van der Waals surface area contributed by atoms with E-state index < -0.39 is 0 Å². The summed E-state index contributed by atoms with van der Waals surface area (Å²) in [6.45, 7) is 5.87. The van der Waals surface area contributed by atoms with Crippen LogP contribution in [0.5, 0.6) is 0 Å². The number of hydrogen-bond donors (Lipinski definition) is 0. The number of rotatable bonds is 2. The second-order valence-electron chi connectivity index (χ2n) is 5.94. The molecule has 3 aromatic rings. The first kappa shape index (κ1) is 14.5. The minimum Gasteiger partial charge on any atom is -0.265 e. The highest BCUT2D eigenvalue weighted by Gasteiger charge is 2.23. The molecule has 3 rings (SSSR count). The predicted octanol–water partition coefficient (Wildman–Crippen LogP) is 2.60. The van der Waals surface area contributed by atoms with Crippen LogP contribution in [0.3, 0.4) is 0 Å². The molecule has 0 amide bonds. The molecule has 3 heterocycles. The van der Waals surface area contributed by atoms with Gasteiger partial charge < -0.3 is 0 Å². The molecule has 0 aromatic carbocycles. The second-order valence-corrected chi connectivity index (χ2v) is 6.88. The molecule has 0 aliphatic heterocycles. The lowest BCUT2D eigenvalue weighted by Gasteiger charge is -2.20. The number of fused-ring (bicyclic) bond motifs is 1. The van der Waals surface area contributed by atoms with Crippen molar-refractivity contribution in [3.8, 4) is 16.6 Å². The van der Waals surface area contributed by atoms with E-state index in [-0.39, 0.29) is 17.6 Å². The van der Waals surface area contributed by atoms with Crippen LogP contribution in [0.2, 0.25) is 0 Å². The Labute approximate surface area is 131 Å². The third-order valence-corrected chi connectivity index (χ3v) is 4.17. The van der Waals surface area contributed by atoms with Crippen LogP contribution in [0.4, 0.5) is 0 Å². The van der Waals surface area contributed by atoms with E-state index in [1.54, 1.807) is 22.2 Å². The molecule has 0 unspecified atom stereocenters. The monoisotopic (exact) mass is 313 g/mol. The largest absolute Gasteiger partial charge is 0.293 e. The minimum absolute atomic E-state index is 0.0809. The first-order valence-electron chi connectivity index (χ1n) is 6.83. The standard InChI is InChI=1S/C15H15N5OS/c1-15(2,3)20-13-10(9-17-20)12(11-5-4-8-22-11)18-19(7-6-16)14(13)21/h4-5,8-9H,7H2,1-3H3. The summed E-state index contributed by atoms with van der Waals surface area (Å²) in [5, 5.41) is 20.4. The van der Waals surface area contributed by atoms with E-state index in [9.17, 15) is 4.79 Å². The third kappa shape index (κ3) is 2.22. The molecule has 0 atom stereocenters. The second kappa shape index (κ2) is 5.07. The average molecular weight is 313 g/mol. The summed E-state index contributed by atoms with van der Waals surface area (Å²) in [5.74, 6) is 0. The lowest BCUT2D eigenvalue weighted by atomic mass is 10.1. The highest BCUT2D eigenvalue weighted by Crippen LogP contribution is 2.29. The van der Waals surface area contributed by atoms with Crippen molar-refractivity contribution in [3.63, 3.8) is 0 Å². The van der Waals surface area contributed by atoms with Crippen LogP contribution in [0.15, 0.2) is 28.5 Å². The van der Waals surface area contributed by atoms with Gasteiger partial charge in [-0.2, -0.15) is 15.5 Å². The Morgan fingerprint density at radius 2 is 2.18 bits per heavy atom. The van der Waals surface area contributed by atoms with E-state index in [1.807, 2.05) is 44.4 Å². The minimum atomic E-state index is -0.334. The molecule has 0 saturated heterocycles. The van der Waals surface area contributed by atoms with Gasteiger partial charge in [-0.15, -0.1) is 11.3 Å². The summed E-state index contributed by atoms with van der Waals surface area (Å²) in [5.41, 5.74) is 0.556. The van der Waals surface area contributed by atoms with Crippen LogP contribution in [-0.2, 0) is 12.1 Å². The van der Waals surface area contributed by atoms with Gasteiger partial charge in [0.15, 0.2) is 0 Å². The van der Waals surface area contributed by atoms with Crippen molar-refractivity contribution in [2.45, 2.75) is 32.9 Å².